The summed E-state index contributed by atoms with van der Waals surface area (Å²) in [5.74, 6) is -6.10. The number of amides is 2. The van der Waals surface area contributed by atoms with Crippen LogP contribution in [0.4, 0.5) is 0 Å². The van der Waals surface area contributed by atoms with Gasteiger partial charge in [-0.25, -0.2) is 4.79 Å². The lowest BCUT2D eigenvalue weighted by Gasteiger charge is -2.50. The minimum Gasteiger partial charge on any atom is -0.477 e. The summed E-state index contributed by atoms with van der Waals surface area (Å²) in [4.78, 5) is 38.6. The molecule has 23 heteroatoms. The van der Waals surface area contributed by atoms with Gasteiger partial charge in [0, 0.05) is 19.8 Å². The standard InChI is InChI=1S/C72H134N2O21/c1-4-6-8-10-12-14-16-18-20-22-24-25-26-27-28-30-32-34-36-38-40-42-44-46-59(82)74-53(54(79)45-43-41-39-37-35-33-31-29-23-21-19-17-15-13-11-9-7-5-2)51-90-69-64(86)63(85)66(58(50-77)92-69)93-70-65(87)68(62(84)57(49-76)91-70)95-72(71(88)89)47-55(80)60(73-52(3)78)67(94-72)61(83)56(81)48-75/h27-28,53-58,60-70,75-77,79-81,83-87H,4-26,29-51H2,1-3H3,(H,73,78)(H,74,82)(H,88,89)/b28-27-. The van der Waals surface area contributed by atoms with E-state index in [0.717, 1.165) is 84.0 Å². The average molecular weight is 1360 g/mol. The molecule has 18 atom stereocenters. The first-order chi connectivity index (χ1) is 45.9. The third-order valence-corrected chi connectivity index (χ3v) is 19.2. The van der Waals surface area contributed by atoms with Gasteiger partial charge in [-0.15, -0.1) is 0 Å². The van der Waals surface area contributed by atoms with Crippen LogP contribution in [0.25, 0.3) is 0 Å². The number of hydrogen-bond donors (Lipinski definition) is 14. The van der Waals surface area contributed by atoms with Gasteiger partial charge in [0.25, 0.3) is 5.79 Å². The topological polar surface area (TPSA) is 373 Å². The summed E-state index contributed by atoms with van der Waals surface area (Å²) in [6, 6.07) is -2.53. The SMILES string of the molecule is CCCCCCCCCCCCCC/C=C\CCCCCCCCCC(=O)NC(COC1OC(CO)C(OC2OC(CO)C(O)C(OC3(C(=O)O)CC(O)C(NC(C)=O)C(C(O)C(O)CO)O3)C2O)C(O)C1O)C(O)CCCCCCCCCCCCCCCCCCCC. The number of allylic oxidation sites excluding steroid dienone is 2. The van der Waals surface area contributed by atoms with E-state index in [2.05, 4.69) is 36.6 Å². The van der Waals surface area contributed by atoms with Gasteiger partial charge in [0.1, 0.15) is 67.1 Å². The highest BCUT2D eigenvalue weighted by atomic mass is 16.8. The molecule has 3 heterocycles. The van der Waals surface area contributed by atoms with E-state index in [-0.39, 0.29) is 18.9 Å². The Bertz CT molecular complexity index is 1960. The first-order valence-electron chi connectivity index (χ1n) is 37.5. The summed E-state index contributed by atoms with van der Waals surface area (Å²) in [6.45, 7) is 2.24. The van der Waals surface area contributed by atoms with Crippen molar-refractivity contribution < 1.29 is 104 Å². The Kier molecular flexibility index (Phi) is 47.9. The molecule has 3 saturated heterocycles. The van der Waals surface area contributed by atoms with E-state index < -0.39 is 148 Å². The zero-order chi connectivity index (χ0) is 69.6. The van der Waals surface area contributed by atoms with Crippen LogP contribution in [0.2, 0.25) is 0 Å². The molecule has 3 aliphatic heterocycles. The van der Waals surface area contributed by atoms with Gasteiger partial charge in [-0.05, 0) is 38.5 Å². The molecule has 0 spiro atoms. The molecule has 0 radical (unpaired) electrons. The highest BCUT2D eigenvalue weighted by Gasteiger charge is 2.60. The van der Waals surface area contributed by atoms with Crippen molar-refractivity contribution in [2.75, 3.05) is 26.4 Å². The number of carboxylic acid groups (broad SMARTS) is 1. The molecule has 95 heavy (non-hydrogen) atoms. The van der Waals surface area contributed by atoms with Crippen molar-refractivity contribution >= 4 is 17.8 Å². The number of unbranched alkanes of at least 4 members (excludes halogenated alkanes) is 36. The molecule has 3 rings (SSSR count). The van der Waals surface area contributed by atoms with E-state index in [1.807, 2.05) is 0 Å². The first kappa shape index (κ1) is 86.7. The Morgan fingerprint density at radius 2 is 0.979 bits per heavy atom. The van der Waals surface area contributed by atoms with E-state index in [1.54, 1.807) is 0 Å². The third-order valence-electron chi connectivity index (χ3n) is 19.2. The largest absolute Gasteiger partial charge is 0.477 e. The Morgan fingerprint density at radius 1 is 0.537 bits per heavy atom. The van der Waals surface area contributed by atoms with Crippen LogP contribution in [0.1, 0.15) is 290 Å². The lowest BCUT2D eigenvalue weighted by molar-refractivity contribution is -0.386. The van der Waals surface area contributed by atoms with Gasteiger partial charge in [0.2, 0.25) is 11.8 Å². The summed E-state index contributed by atoms with van der Waals surface area (Å²) in [5, 5.41) is 136. The van der Waals surface area contributed by atoms with E-state index in [0.29, 0.717) is 19.3 Å². The summed E-state index contributed by atoms with van der Waals surface area (Å²) < 4.78 is 34.9. The molecule has 23 nitrogen and oxygen atoms in total. The van der Waals surface area contributed by atoms with Gasteiger partial charge >= 0.3 is 5.97 Å². The maximum absolute atomic E-state index is 13.5. The van der Waals surface area contributed by atoms with E-state index in [9.17, 15) is 75.7 Å². The number of carboxylic acids is 1. The number of nitrogens with one attached hydrogen (secondary N) is 2. The van der Waals surface area contributed by atoms with Gasteiger partial charge in [0.15, 0.2) is 12.6 Å². The fourth-order valence-corrected chi connectivity index (χ4v) is 13.2. The number of carbonyl (C=O) groups excluding carboxylic acids is 2. The van der Waals surface area contributed by atoms with Gasteiger partial charge in [0.05, 0.1) is 50.7 Å². The smallest absolute Gasteiger partial charge is 0.364 e. The van der Waals surface area contributed by atoms with Crippen LogP contribution in [-0.4, -0.2) is 215 Å². The summed E-state index contributed by atoms with van der Waals surface area (Å²) in [5.41, 5.74) is 0. The van der Waals surface area contributed by atoms with Crippen LogP contribution in [0.15, 0.2) is 12.2 Å². The first-order valence-corrected chi connectivity index (χ1v) is 37.5. The number of rotatable bonds is 58. The quantitative estimate of drug-likeness (QED) is 0.0201. The maximum Gasteiger partial charge on any atom is 0.364 e. The zero-order valence-electron chi connectivity index (χ0n) is 58.5. The summed E-state index contributed by atoms with van der Waals surface area (Å²) in [7, 11) is 0. The minimum atomic E-state index is -3.08. The fourth-order valence-electron chi connectivity index (χ4n) is 13.2. The van der Waals surface area contributed by atoms with Crippen molar-refractivity contribution in [3.63, 3.8) is 0 Å². The average Bonchev–Trinajstić information content (AvgIpc) is 0.757. The molecule has 14 N–H and O–H groups in total. The maximum atomic E-state index is 13.5. The Morgan fingerprint density at radius 3 is 1.42 bits per heavy atom. The predicted molar refractivity (Wildman–Crippen MR) is 362 cm³/mol. The third kappa shape index (κ3) is 34.1. The molecule has 0 saturated carbocycles. The second kappa shape index (κ2) is 52.5. The van der Waals surface area contributed by atoms with Crippen LogP contribution in [0.3, 0.4) is 0 Å². The van der Waals surface area contributed by atoms with Gasteiger partial charge < -0.3 is 100 Å². The molecule has 2 amide bonds. The summed E-state index contributed by atoms with van der Waals surface area (Å²) >= 11 is 0. The number of carbonyl (C=O) groups is 3. The molecule has 0 aliphatic carbocycles. The molecule has 3 fully saturated rings. The number of hydrogen-bond acceptors (Lipinski definition) is 20. The molecule has 0 bridgehead atoms. The van der Waals surface area contributed by atoms with Crippen LogP contribution < -0.4 is 10.6 Å². The molecule has 0 aromatic carbocycles. The lowest BCUT2D eigenvalue weighted by Crippen LogP contribution is -2.70. The molecule has 3 aliphatic rings. The van der Waals surface area contributed by atoms with Crippen molar-refractivity contribution in [1.29, 1.82) is 0 Å². The molecule has 0 aromatic heterocycles. The number of aliphatic hydroxyl groups excluding tert-OH is 11. The van der Waals surface area contributed by atoms with E-state index in [1.165, 1.54) is 161 Å². The molecule has 0 aromatic rings. The highest BCUT2D eigenvalue weighted by Crippen LogP contribution is 2.39. The molecule has 558 valence electrons. The molecular weight excluding hydrogens is 1230 g/mol. The van der Waals surface area contributed by atoms with E-state index in [4.69, 9.17) is 28.4 Å². The fraction of sp³-hybridized carbons (Fsp3) is 0.931. The molecule has 18 unspecified atom stereocenters. The second-order valence-corrected chi connectivity index (χ2v) is 27.5. The van der Waals surface area contributed by atoms with Crippen molar-refractivity contribution in [2.45, 2.75) is 400 Å². The monoisotopic (exact) mass is 1360 g/mol. The Hall–Kier alpha value is -2.53. The van der Waals surface area contributed by atoms with Crippen LogP contribution in [0.5, 0.6) is 0 Å². The van der Waals surface area contributed by atoms with Crippen molar-refractivity contribution in [1.82, 2.24) is 10.6 Å². The normalized spacial score (nSPS) is 27.7. The minimum absolute atomic E-state index is 0.220. The van der Waals surface area contributed by atoms with Gasteiger partial charge in [-0.2, -0.15) is 0 Å². The van der Waals surface area contributed by atoms with Crippen molar-refractivity contribution in [3.05, 3.63) is 12.2 Å². The number of aliphatic hydroxyl groups is 11. The van der Waals surface area contributed by atoms with Crippen molar-refractivity contribution in [3.8, 4) is 0 Å². The van der Waals surface area contributed by atoms with Crippen molar-refractivity contribution in [2.24, 2.45) is 0 Å². The van der Waals surface area contributed by atoms with Crippen LogP contribution >= 0.6 is 0 Å². The number of aliphatic carboxylic acids is 1. The second-order valence-electron chi connectivity index (χ2n) is 27.5. The van der Waals surface area contributed by atoms with Gasteiger partial charge in [-0.1, -0.05) is 244 Å². The highest BCUT2D eigenvalue weighted by molar-refractivity contribution is 5.77. The predicted octanol–water partition coefficient (Wildman–Crippen LogP) is 8.24. The van der Waals surface area contributed by atoms with E-state index >= 15 is 0 Å². The lowest BCUT2D eigenvalue weighted by atomic mass is 9.88. The number of ether oxygens (including phenoxy) is 6. The zero-order valence-corrected chi connectivity index (χ0v) is 58.5. The summed E-state index contributed by atoms with van der Waals surface area (Å²) in [6.07, 6.45) is 23.5. The van der Waals surface area contributed by atoms with Gasteiger partial charge in [-0.3, -0.25) is 9.59 Å². The Balaban J connectivity index is 1.55. The van der Waals surface area contributed by atoms with Crippen LogP contribution in [-0.2, 0) is 42.8 Å². The van der Waals surface area contributed by atoms with Crippen LogP contribution in [0, 0.1) is 0 Å². The molecular formula is C72H134N2O21. The Labute approximate surface area is 569 Å².